The quantitative estimate of drug-likeness (QED) is 0.802. The molecular weight excluding hydrogens is 214 g/mol. The number of benzene rings is 1. The van der Waals surface area contributed by atoms with Crippen LogP contribution < -0.4 is 4.74 Å². The molecule has 3 nitrogen and oxygen atoms in total. The van der Waals surface area contributed by atoms with Gasteiger partial charge in [0.15, 0.2) is 0 Å². The molecule has 1 saturated heterocycles. The lowest BCUT2D eigenvalue weighted by Gasteiger charge is -2.31. The zero-order valence-electron chi connectivity index (χ0n) is 10.3. The van der Waals surface area contributed by atoms with Crippen LogP contribution in [0.5, 0.6) is 5.75 Å². The summed E-state index contributed by atoms with van der Waals surface area (Å²) < 4.78 is 5.74. The van der Waals surface area contributed by atoms with Gasteiger partial charge in [-0.25, -0.2) is 0 Å². The first-order chi connectivity index (χ1) is 8.25. The van der Waals surface area contributed by atoms with Gasteiger partial charge in [-0.05, 0) is 30.9 Å². The monoisotopic (exact) mass is 233 g/mol. The second-order valence-electron chi connectivity index (χ2n) is 4.57. The van der Waals surface area contributed by atoms with Crippen LogP contribution in [0.1, 0.15) is 19.8 Å². The first-order valence-corrected chi connectivity index (χ1v) is 6.19. The highest BCUT2D eigenvalue weighted by Crippen LogP contribution is 2.19. The highest BCUT2D eigenvalue weighted by molar-refractivity contribution is 5.73. The Kier molecular flexibility index (Phi) is 4.02. The van der Waals surface area contributed by atoms with Gasteiger partial charge in [0.1, 0.15) is 5.75 Å². The molecule has 1 aliphatic heterocycles. The number of para-hydroxylation sites is 1. The van der Waals surface area contributed by atoms with E-state index in [0.29, 0.717) is 5.92 Å². The highest BCUT2D eigenvalue weighted by Gasteiger charge is 2.20. The molecule has 1 aliphatic rings. The van der Waals surface area contributed by atoms with Gasteiger partial charge < -0.3 is 9.64 Å². The first-order valence-electron chi connectivity index (χ1n) is 6.19. The van der Waals surface area contributed by atoms with Crippen LogP contribution in [-0.2, 0) is 4.79 Å². The van der Waals surface area contributed by atoms with E-state index in [9.17, 15) is 4.79 Å². The lowest BCUT2D eigenvalue weighted by molar-refractivity contribution is -0.130. The smallest absolute Gasteiger partial charge is 0.219 e. The molecule has 2 rings (SSSR count). The molecule has 1 amide bonds. The predicted molar refractivity (Wildman–Crippen MR) is 66.9 cm³/mol. The molecule has 92 valence electrons. The fourth-order valence-corrected chi connectivity index (χ4v) is 2.15. The highest BCUT2D eigenvalue weighted by atomic mass is 16.5. The number of carbonyl (C=O) groups excluding carboxylic acids is 1. The van der Waals surface area contributed by atoms with Crippen LogP contribution in [-0.4, -0.2) is 30.5 Å². The fraction of sp³-hybridized carbons (Fsp3) is 0.500. The van der Waals surface area contributed by atoms with Gasteiger partial charge in [-0.15, -0.1) is 0 Å². The molecule has 0 N–H and O–H groups in total. The van der Waals surface area contributed by atoms with Crippen molar-refractivity contribution in [2.45, 2.75) is 19.8 Å². The van der Waals surface area contributed by atoms with E-state index in [-0.39, 0.29) is 5.91 Å². The average Bonchev–Trinajstić information content (AvgIpc) is 2.38. The molecule has 0 saturated carbocycles. The van der Waals surface area contributed by atoms with Crippen molar-refractivity contribution in [3.63, 3.8) is 0 Å². The first kappa shape index (κ1) is 12.0. The molecule has 17 heavy (non-hydrogen) atoms. The molecule has 3 heteroatoms. The summed E-state index contributed by atoms with van der Waals surface area (Å²) in [5, 5.41) is 0. The fourth-order valence-electron chi connectivity index (χ4n) is 2.15. The molecule has 0 aromatic heterocycles. The maximum atomic E-state index is 11.2. The number of hydrogen-bond acceptors (Lipinski definition) is 2. The van der Waals surface area contributed by atoms with Crippen molar-refractivity contribution in [1.29, 1.82) is 0 Å². The van der Waals surface area contributed by atoms with Crippen LogP contribution in [0.3, 0.4) is 0 Å². The molecular formula is C14H19NO2. The Morgan fingerprint density at radius 2 is 1.94 bits per heavy atom. The largest absolute Gasteiger partial charge is 0.493 e. The lowest BCUT2D eigenvalue weighted by Crippen LogP contribution is -2.38. The number of ether oxygens (including phenoxy) is 1. The summed E-state index contributed by atoms with van der Waals surface area (Å²) in [7, 11) is 0. The van der Waals surface area contributed by atoms with Crippen molar-refractivity contribution in [1.82, 2.24) is 4.90 Å². The zero-order valence-corrected chi connectivity index (χ0v) is 10.3. The van der Waals surface area contributed by atoms with Crippen LogP contribution in [0.25, 0.3) is 0 Å². The third kappa shape index (κ3) is 3.48. The molecule has 0 spiro atoms. The number of amides is 1. The van der Waals surface area contributed by atoms with Crippen LogP contribution in [0.2, 0.25) is 0 Å². The molecule has 0 radical (unpaired) electrons. The Hall–Kier alpha value is -1.51. The van der Waals surface area contributed by atoms with Gasteiger partial charge >= 0.3 is 0 Å². The molecule has 0 aliphatic carbocycles. The zero-order chi connectivity index (χ0) is 12.1. The minimum atomic E-state index is 0.187. The van der Waals surface area contributed by atoms with Crippen molar-refractivity contribution < 1.29 is 9.53 Å². The maximum Gasteiger partial charge on any atom is 0.219 e. The molecule has 1 fully saturated rings. The van der Waals surface area contributed by atoms with Gasteiger partial charge in [0, 0.05) is 20.0 Å². The van der Waals surface area contributed by atoms with Gasteiger partial charge in [0.05, 0.1) is 6.61 Å². The Morgan fingerprint density at radius 1 is 1.29 bits per heavy atom. The van der Waals surface area contributed by atoms with Gasteiger partial charge in [0.2, 0.25) is 5.91 Å². The summed E-state index contributed by atoms with van der Waals surface area (Å²) in [6.45, 7) is 4.15. The standard InChI is InChI=1S/C14H19NO2/c1-12(16)15-9-7-13(8-10-15)11-17-14-5-3-2-4-6-14/h2-6,13H,7-11H2,1H3. The Morgan fingerprint density at radius 3 is 2.53 bits per heavy atom. The summed E-state index contributed by atoms with van der Waals surface area (Å²) in [4.78, 5) is 13.1. The summed E-state index contributed by atoms with van der Waals surface area (Å²) in [6, 6.07) is 9.90. The topological polar surface area (TPSA) is 29.5 Å². The van der Waals surface area contributed by atoms with Crippen LogP contribution in [0.15, 0.2) is 30.3 Å². The van der Waals surface area contributed by atoms with Crippen LogP contribution in [0, 0.1) is 5.92 Å². The summed E-state index contributed by atoms with van der Waals surface area (Å²) in [5.41, 5.74) is 0. The molecule has 0 atom stereocenters. The van der Waals surface area contributed by atoms with Crippen molar-refractivity contribution >= 4 is 5.91 Å². The maximum absolute atomic E-state index is 11.2. The van der Waals surface area contributed by atoms with Gasteiger partial charge in [0.25, 0.3) is 0 Å². The third-order valence-electron chi connectivity index (χ3n) is 3.29. The number of rotatable bonds is 3. The Balaban J connectivity index is 1.74. The number of nitrogens with zero attached hydrogens (tertiary/aromatic N) is 1. The van der Waals surface area contributed by atoms with E-state index in [1.165, 1.54) is 0 Å². The van der Waals surface area contributed by atoms with Crippen molar-refractivity contribution in [2.24, 2.45) is 5.92 Å². The van der Waals surface area contributed by atoms with Gasteiger partial charge in [-0.3, -0.25) is 4.79 Å². The summed E-state index contributed by atoms with van der Waals surface area (Å²) >= 11 is 0. The van der Waals surface area contributed by atoms with E-state index < -0.39 is 0 Å². The second kappa shape index (κ2) is 5.71. The summed E-state index contributed by atoms with van der Waals surface area (Å²) in [6.07, 6.45) is 2.10. The minimum Gasteiger partial charge on any atom is -0.493 e. The molecule has 1 aromatic rings. The Bertz CT molecular complexity index is 356. The van der Waals surface area contributed by atoms with E-state index in [0.717, 1.165) is 38.3 Å². The number of piperidine rings is 1. The number of hydrogen-bond donors (Lipinski definition) is 0. The molecule has 1 aromatic carbocycles. The Labute approximate surface area is 102 Å². The molecule has 1 heterocycles. The van der Waals surface area contributed by atoms with Gasteiger partial charge in [-0.1, -0.05) is 18.2 Å². The van der Waals surface area contributed by atoms with Crippen LogP contribution >= 0.6 is 0 Å². The number of likely N-dealkylation sites (tertiary alicyclic amines) is 1. The predicted octanol–water partition coefficient (Wildman–Crippen LogP) is 2.32. The van der Waals surface area contributed by atoms with E-state index in [1.807, 2.05) is 35.2 Å². The molecule has 0 unspecified atom stereocenters. The normalized spacial score (nSPS) is 16.9. The van der Waals surface area contributed by atoms with Crippen molar-refractivity contribution in [3.8, 4) is 5.75 Å². The minimum absolute atomic E-state index is 0.187. The van der Waals surface area contributed by atoms with E-state index >= 15 is 0 Å². The third-order valence-corrected chi connectivity index (χ3v) is 3.29. The number of carbonyl (C=O) groups is 1. The van der Waals surface area contributed by atoms with Crippen LogP contribution in [0.4, 0.5) is 0 Å². The van der Waals surface area contributed by atoms with Gasteiger partial charge in [-0.2, -0.15) is 0 Å². The van der Waals surface area contributed by atoms with Crippen molar-refractivity contribution in [2.75, 3.05) is 19.7 Å². The summed E-state index contributed by atoms with van der Waals surface area (Å²) in [5.74, 6) is 1.69. The second-order valence-corrected chi connectivity index (χ2v) is 4.57. The average molecular weight is 233 g/mol. The van der Waals surface area contributed by atoms with E-state index in [1.54, 1.807) is 6.92 Å². The SMILES string of the molecule is CC(=O)N1CCC(COc2ccccc2)CC1. The van der Waals surface area contributed by atoms with E-state index in [4.69, 9.17) is 4.74 Å². The lowest BCUT2D eigenvalue weighted by atomic mass is 9.98. The molecule has 0 bridgehead atoms. The van der Waals surface area contributed by atoms with E-state index in [2.05, 4.69) is 0 Å². The van der Waals surface area contributed by atoms with Crippen molar-refractivity contribution in [3.05, 3.63) is 30.3 Å².